The number of carbonyl (C=O) groups is 2. The molecule has 194 valence electrons. The van der Waals surface area contributed by atoms with Gasteiger partial charge in [-0.1, -0.05) is 86.4 Å². The number of nitrogens with one attached hydrogen (secondary N) is 1. The Hall–Kier alpha value is -2.90. The van der Waals surface area contributed by atoms with E-state index in [0.29, 0.717) is 34.5 Å². The monoisotopic (exact) mass is 533 g/mol. The number of hydrogen-bond acceptors (Lipinski definition) is 5. The van der Waals surface area contributed by atoms with Crippen molar-refractivity contribution < 1.29 is 9.59 Å². The summed E-state index contributed by atoms with van der Waals surface area (Å²) in [7, 11) is 1.68. The lowest BCUT2D eigenvalue weighted by Crippen LogP contribution is -2.31. The fourth-order valence-electron chi connectivity index (χ4n) is 4.97. The average molecular weight is 534 g/mol. The molecule has 1 fully saturated rings. The van der Waals surface area contributed by atoms with Crippen molar-refractivity contribution in [3.05, 3.63) is 88.5 Å². The summed E-state index contributed by atoms with van der Waals surface area (Å²) in [5, 5.41) is 2.76. The van der Waals surface area contributed by atoms with Crippen LogP contribution >= 0.6 is 24.0 Å². The molecule has 2 aromatic rings. The maximum atomic E-state index is 13.3. The number of thioether (sulfide) groups is 1. The van der Waals surface area contributed by atoms with Crippen LogP contribution in [0.1, 0.15) is 51.2 Å². The zero-order valence-electron chi connectivity index (χ0n) is 22.0. The molecule has 0 saturated carbocycles. The minimum Gasteiger partial charge on any atom is -0.359 e. The minimum absolute atomic E-state index is 0.0282. The molecule has 1 N–H and O–H groups in total. The van der Waals surface area contributed by atoms with Gasteiger partial charge in [-0.3, -0.25) is 14.5 Å². The molecule has 2 aromatic carbocycles. The SMILES string of the molecule is CNC(=O)CCC1(C)/C(=C/C=C2/SC(=S)N(Cc3ccccc3)C2=O)N(CCC(C)C)c2ccccc21. The predicted octanol–water partition coefficient (Wildman–Crippen LogP) is 6.16. The van der Waals surface area contributed by atoms with Gasteiger partial charge >= 0.3 is 0 Å². The molecule has 2 heterocycles. The van der Waals surface area contributed by atoms with Crippen LogP contribution in [0.3, 0.4) is 0 Å². The molecule has 37 heavy (non-hydrogen) atoms. The van der Waals surface area contributed by atoms with Crippen LogP contribution in [0.5, 0.6) is 0 Å². The van der Waals surface area contributed by atoms with Gasteiger partial charge in [-0.2, -0.15) is 0 Å². The van der Waals surface area contributed by atoms with Crippen LogP contribution in [-0.4, -0.2) is 34.6 Å². The molecule has 2 amide bonds. The molecule has 1 unspecified atom stereocenters. The van der Waals surface area contributed by atoms with Gasteiger partial charge in [0.15, 0.2) is 0 Å². The summed E-state index contributed by atoms with van der Waals surface area (Å²) >= 11 is 6.92. The number of amides is 2. The summed E-state index contributed by atoms with van der Waals surface area (Å²) in [5.74, 6) is 0.521. The molecule has 2 aliphatic heterocycles. The molecular weight excluding hydrogens is 498 g/mol. The molecule has 0 spiro atoms. The van der Waals surface area contributed by atoms with E-state index in [9.17, 15) is 9.59 Å². The Morgan fingerprint density at radius 2 is 1.78 bits per heavy atom. The Morgan fingerprint density at radius 1 is 1.08 bits per heavy atom. The minimum atomic E-state index is -0.353. The first-order valence-corrected chi connectivity index (χ1v) is 14.0. The molecule has 2 aliphatic rings. The third-order valence-corrected chi connectivity index (χ3v) is 8.55. The van der Waals surface area contributed by atoms with Crippen molar-refractivity contribution in [3.63, 3.8) is 0 Å². The highest BCUT2D eigenvalue weighted by Crippen LogP contribution is 2.50. The molecule has 7 heteroatoms. The van der Waals surface area contributed by atoms with Crippen molar-refractivity contribution in [1.29, 1.82) is 0 Å². The second kappa shape index (κ2) is 11.7. The fraction of sp³-hybridized carbons (Fsp3) is 0.367. The lowest BCUT2D eigenvalue weighted by Gasteiger charge is -2.30. The van der Waals surface area contributed by atoms with Gasteiger partial charge in [0.1, 0.15) is 4.32 Å². The lowest BCUT2D eigenvalue weighted by molar-refractivity contribution is -0.122. The molecule has 4 rings (SSSR count). The van der Waals surface area contributed by atoms with Gasteiger partial charge in [0, 0.05) is 36.8 Å². The highest BCUT2D eigenvalue weighted by Gasteiger charge is 2.43. The summed E-state index contributed by atoms with van der Waals surface area (Å²) < 4.78 is 0.576. The Balaban J connectivity index is 1.69. The smallest absolute Gasteiger partial charge is 0.266 e. The number of nitrogens with zero attached hydrogens (tertiary/aromatic N) is 2. The Bertz CT molecular complexity index is 1240. The van der Waals surface area contributed by atoms with Crippen LogP contribution in [-0.2, 0) is 21.5 Å². The predicted molar refractivity (Wildman–Crippen MR) is 157 cm³/mol. The van der Waals surface area contributed by atoms with E-state index in [1.807, 2.05) is 36.4 Å². The third-order valence-electron chi connectivity index (χ3n) is 7.16. The van der Waals surface area contributed by atoms with E-state index >= 15 is 0 Å². The molecule has 0 aliphatic carbocycles. The highest BCUT2D eigenvalue weighted by atomic mass is 32.2. The van der Waals surface area contributed by atoms with Crippen molar-refractivity contribution in [1.82, 2.24) is 10.2 Å². The first-order chi connectivity index (χ1) is 17.7. The average Bonchev–Trinajstić information content (AvgIpc) is 3.30. The Labute approximate surface area is 230 Å². The van der Waals surface area contributed by atoms with Gasteiger partial charge in [-0.15, -0.1) is 0 Å². The van der Waals surface area contributed by atoms with E-state index in [1.165, 1.54) is 23.0 Å². The largest absolute Gasteiger partial charge is 0.359 e. The zero-order valence-corrected chi connectivity index (χ0v) is 23.6. The quantitative estimate of drug-likeness (QED) is 0.309. The number of thiocarbonyl (C=S) groups is 1. The van der Waals surface area contributed by atoms with E-state index in [1.54, 1.807) is 11.9 Å². The number of para-hydroxylation sites is 1. The first-order valence-electron chi connectivity index (χ1n) is 12.8. The maximum Gasteiger partial charge on any atom is 0.266 e. The van der Waals surface area contributed by atoms with Gasteiger partial charge in [0.25, 0.3) is 5.91 Å². The molecule has 0 bridgehead atoms. The van der Waals surface area contributed by atoms with Gasteiger partial charge in [-0.05, 0) is 55.0 Å². The van der Waals surface area contributed by atoms with E-state index in [0.717, 1.165) is 24.2 Å². The van der Waals surface area contributed by atoms with Crippen LogP contribution in [0, 0.1) is 5.92 Å². The topological polar surface area (TPSA) is 52.7 Å². The first kappa shape index (κ1) is 27.1. The number of allylic oxidation sites excluding steroid dienone is 3. The molecule has 0 aromatic heterocycles. The summed E-state index contributed by atoms with van der Waals surface area (Å²) in [6.45, 7) is 8.01. The second-order valence-corrected chi connectivity index (χ2v) is 11.9. The van der Waals surface area contributed by atoms with Gasteiger partial charge in [0.05, 0.1) is 11.4 Å². The van der Waals surface area contributed by atoms with Gasteiger partial charge < -0.3 is 10.2 Å². The van der Waals surface area contributed by atoms with Crippen LogP contribution < -0.4 is 10.2 Å². The Kier molecular flexibility index (Phi) is 8.55. The summed E-state index contributed by atoms with van der Waals surface area (Å²) in [6, 6.07) is 18.4. The number of rotatable bonds is 9. The van der Waals surface area contributed by atoms with Crippen molar-refractivity contribution in [2.45, 2.75) is 52.0 Å². The summed E-state index contributed by atoms with van der Waals surface area (Å²) in [6.07, 6.45) is 6.15. The standard InChI is InChI=1S/C30H35N3O2S2/c1-21(2)17-19-32-24-13-9-8-12-23(24)30(3,18-16-27(34)31-4)26(32)15-14-25-28(35)33(29(36)37-25)20-22-10-6-5-7-11-22/h5-15,21H,16-20H2,1-4H3,(H,31,34)/b25-14+,26-15-. The number of carbonyl (C=O) groups excluding carboxylic acids is 2. The molecule has 0 radical (unpaired) electrons. The maximum absolute atomic E-state index is 13.3. The number of benzene rings is 2. The third kappa shape index (κ3) is 5.83. The van der Waals surface area contributed by atoms with Crippen LogP contribution in [0.15, 0.2) is 77.4 Å². The summed E-state index contributed by atoms with van der Waals surface area (Å²) in [4.78, 5) is 30.2. The van der Waals surface area contributed by atoms with E-state index in [4.69, 9.17) is 12.2 Å². The van der Waals surface area contributed by atoms with Crippen LogP contribution in [0.25, 0.3) is 0 Å². The van der Waals surface area contributed by atoms with E-state index < -0.39 is 0 Å². The zero-order chi connectivity index (χ0) is 26.6. The number of anilines is 1. The molecule has 1 atom stereocenters. The second-order valence-electron chi connectivity index (χ2n) is 10.2. The molecule has 5 nitrogen and oxygen atoms in total. The fourth-order valence-corrected chi connectivity index (χ4v) is 6.16. The number of hydrogen-bond donors (Lipinski definition) is 1. The highest BCUT2D eigenvalue weighted by molar-refractivity contribution is 8.26. The van der Waals surface area contributed by atoms with Crippen molar-refractivity contribution in [2.75, 3.05) is 18.5 Å². The van der Waals surface area contributed by atoms with Crippen LogP contribution in [0.4, 0.5) is 5.69 Å². The van der Waals surface area contributed by atoms with Crippen LogP contribution in [0.2, 0.25) is 0 Å². The Morgan fingerprint density at radius 3 is 2.49 bits per heavy atom. The van der Waals surface area contributed by atoms with Gasteiger partial charge in [0.2, 0.25) is 5.91 Å². The van der Waals surface area contributed by atoms with Crippen molar-refractivity contribution in [3.8, 4) is 0 Å². The van der Waals surface area contributed by atoms with E-state index in [-0.39, 0.29) is 17.2 Å². The van der Waals surface area contributed by atoms with Gasteiger partial charge in [-0.25, -0.2) is 0 Å². The lowest BCUT2D eigenvalue weighted by atomic mass is 9.77. The summed E-state index contributed by atoms with van der Waals surface area (Å²) in [5.41, 5.74) is 4.21. The molecule has 1 saturated heterocycles. The van der Waals surface area contributed by atoms with Crippen molar-refractivity contribution in [2.24, 2.45) is 5.92 Å². The number of fused-ring (bicyclic) bond motifs is 1. The van der Waals surface area contributed by atoms with E-state index in [2.05, 4.69) is 61.3 Å². The van der Waals surface area contributed by atoms with Crippen molar-refractivity contribution >= 4 is 45.8 Å². The molecular formula is C30H35N3O2S2. The normalized spacial score (nSPS) is 21.4.